The van der Waals surface area contributed by atoms with E-state index in [0.29, 0.717) is 5.92 Å². The average Bonchev–Trinajstić information content (AvgIpc) is 2.18. The van der Waals surface area contributed by atoms with E-state index in [2.05, 4.69) is 25.2 Å². The molecule has 0 saturated carbocycles. The number of hydrogen-bond donors (Lipinski definition) is 1. The minimum absolute atomic E-state index is 0.0210. The molecule has 0 atom stereocenters. The second kappa shape index (κ2) is 4.96. The molecule has 15 heavy (non-hydrogen) atoms. The van der Waals surface area contributed by atoms with Crippen LogP contribution in [0.3, 0.4) is 0 Å². The molecule has 1 rings (SSSR count). The summed E-state index contributed by atoms with van der Waals surface area (Å²) < 4.78 is 0. The van der Waals surface area contributed by atoms with Crippen molar-refractivity contribution < 1.29 is 4.79 Å². The van der Waals surface area contributed by atoms with Crippen LogP contribution in [0.25, 0.3) is 0 Å². The molecule has 0 fully saturated rings. The molecule has 0 aliphatic heterocycles. The molecule has 1 aromatic rings. The first-order valence-electron chi connectivity index (χ1n) is 5.41. The summed E-state index contributed by atoms with van der Waals surface area (Å²) in [5, 5.41) is 2.90. The van der Waals surface area contributed by atoms with Gasteiger partial charge in [0, 0.05) is 11.6 Å². The highest BCUT2D eigenvalue weighted by atomic mass is 16.1. The summed E-state index contributed by atoms with van der Waals surface area (Å²) in [7, 11) is 0. The number of carbonyl (C=O) groups is 1. The van der Waals surface area contributed by atoms with Gasteiger partial charge in [0.25, 0.3) is 0 Å². The molecule has 0 aromatic heterocycles. The van der Waals surface area contributed by atoms with Gasteiger partial charge in [-0.2, -0.15) is 0 Å². The van der Waals surface area contributed by atoms with Crippen LogP contribution in [0.15, 0.2) is 24.3 Å². The van der Waals surface area contributed by atoms with Crippen LogP contribution in [-0.4, -0.2) is 5.91 Å². The maximum absolute atomic E-state index is 11.5. The van der Waals surface area contributed by atoms with Crippen molar-refractivity contribution in [3.8, 4) is 0 Å². The average molecular weight is 205 g/mol. The zero-order valence-corrected chi connectivity index (χ0v) is 9.87. The molecule has 82 valence electrons. The Hall–Kier alpha value is -1.31. The van der Waals surface area contributed by atoms with Crippen LogP contribution in [0.5, 0.6) is 0 Å². The highest BCUT2D eigenvalue weighted by Gasteiger charge is 2.07. The SMILES string of the molecule is CC(C)C(=O)Nc1cccc(C(C)C)c1. The van der Waals surface area contributed by atoms with Gasteiger partial charge in [-0.1, -0.05) is 39.8 Å². The molecule has 0 heterocycles. The van der Waals surface area contributed by atoms with Gasteiger partial charge >= 0.3 is 0 Å². The number of anilines is 1. The summed E-state index contributed by atoms with van der Waals surface area (Å²) in [6.45, 7) is 8.07. The number of carbonyl (C=O) groups excluding carboxylic acids is 1. The van der Waals surface area contributed by atoms with E-state index in [1.807, 2.05) is 32.0 Å². The molecule has 0 aliphatic carbocycles. The normalized spacial score (nSPS) is 10.8. The van der Waals surface area contributed by atoms with Crippen molar-refractivity contribution in [3.63, 3.8) is 0 Å². The lowest BCUT2D eigenvalue weighted by Gasteiger charge is -2.10. The Balaban J connectivity index is 2.78. The van der Waals surface area contributed by atoms with Crippen LogP contribution < -0.4 is 5.32 Å². The van der Waals surface area contributed by atoms with Crippen LogP contribution in [0.4, 0.5) is 5.69 Å². The molecule has 0 spiro atoms. The second-order valence-corrected chi connectivity index (χ2v) is 4.42. The summed E-state index contributed by atoms with van der Waals surface area (Å²) in [6.07, 6.45) is 0. The van der Waals surface area contributed by atoms with Gasteiger partial charge in [0.1, 0.15) is 0 Å². The van der Waals surface area contributed by atoms with E-state index in [9.17, 15) is 4.79 Å². The Morgan fingerprint density at radius 2 is 1.87 bits per heavy atom. The van der Waals surface area contributed by atoms with E-state index in [4.69, 9.17) is 0 Å². The first-order chi connectivity index (χ1) is 7.00. The fourth-order valence-electron chi connectivity index (χ4n) is 1.26. The summed E-state index contributed by atoms with van der Waals surface area (Å²) in [5.41, 5.74) is 2.14. The molecule has 1 N–H and O–H groups in total. The van der Waals surface area contributed by atoms with Gasteiger partial charge in [0.2, 0.25) is 5.91 Å². The summed E-state index contributed by atoms with van der Waals surface area (Å²) in [5.74, 6) is 0.574. The van der Waals surface area contributed by atoms with Crippen molar-refractivity contribution in [1.82, 2.24) is 0 Å². The van der Waals surface area contributed by atoms with Crippen molar-refractivity contribution in [2.75, 3.05) is 5.32 Å². The third kappa shape index (κ3) is 3.39. The lowest BCUT2D eigenvalue weighted by atomic mass is 10.0. The van der Waals surface area contributed by atoms with Gasteiger partial charge in [-0.15, -0.1) is 0 Å². The van der Waals surface area contributed by atoms with Gasteiger partial charge in [0.05, 0.1) is 0 Å². The minimum atomic E-state index is 0.0210. The van der Waals surface area contributed by atoms with Crippen molar-refractivity contribution in [2.45, 2.75) is 33.6 Å². The van der Waals surface area contributed by atoms with Crippen molar-refractivity contribution >= 4 is 11.6 Å². The van der Waals surface area contributed by atoms with Crippen LogP contribution in [-0.2, 0) is 4.79 Å². The monoisotopic (exact) mass is 205 g/mol. The summed E-state index contributed by atoms with van der Waals surface area (Å²) >= 11 is 0. The lowest BCUT2D eigenvalue weighted by molar-refractivity contribution is -0.118. The molecular weight excluding hydrogens is 186 g/mol. The van der Waals surface area contributed by atoms with Crippen molar-refractivity contribution in [2.24, 2.45) is 5.92 Å². The maximum atomic E-state index is 11.5. The fourth-order valence-corrected chi connectivity index (χ4v) is 1.26. The van der Waals surface area contributed by atoms with Gasteiger partial charge in [-0.05, 0) is 23.6 Å². The smallest absolute Gasteiger partial charge is 0.226 e. The zero-order valence-electron chi connectivity index (χ0n) is 9.87. The molecule has 2 nitrogen and oxygen atoms in total. The Bertz CT molecular complexity index is 342. The summed E-state index contributed by atoms with van der Waals surface area (Å²) in [6, 6.07) is 8.01. The largest absolute Gasteiger partial charge is 0.326 e. The Labute approximate surface area is 91.7 Å². The minimum Gasteiger partial charge on any atom is -0.326 e. The Kier molecular flexibility index (Phi) is 3.89. The summed E-state index contributed by atoms with van der Waals surface area (Å²) in [4.78, 5) is 11.5. The standard InChI is InChI=1S/C13H19NO/c1-9(2)11-6-5-7-12(8-11)14-13(15)10(3)4/h5-10H,1-4H3,(H,14,15). The molecule has 2 heteroatoms. The molecule has 0 aliphatic rings. The number of nitrogens with one attached hydrogen (secondary N) is 1. The Morgan fingerprint density at radius 3 is 2.40 bits per heavy atom. The van der Waals surface area contributed by atoms with E-state index >= 15 is 0 Å². The predicted octanol–water partition coefficient (Wildman–Crippen LogP) is 3.40. The Morgan fingerprint density at radius 1 is 1.20 bits per heavy atom. The lowest BCUT2D eigenvalue weighted by Crippen LogP contribution is -2.17. The molecule has 0 saturated heterocycles. The quantitative estimate of drug-likeness (QED) is 0.805. The molecule has 1 aromatic carbocycles. The maximum Gasteiger partial charge on any atom is 0.226 e. The van der Waals surface area contributed by atoms with Gasteiger partial charge in [-0.25, -0.2) is 0 Å². The van der Waals surface area contributed by atoms with Gasteiger partial charge in [0.15, 0.2) is 0 Å². The second-order valence-electron chi connectivity index (χ2n) is 4.42. The topological polar surface area (TPSA) is 29.1 Å². The molecule has 0 bridgehead atoms. The van der Waals surface area contributed by atoms with E-state index < -0.39 is 0 Å². The number of amides is 1. The van der Waals surface area contributed by atoms with E-state index in [-0.39, 0.29) is 11.8 Å². The first-order valence-corrected chi connectivity index (χ1v) is 5.41. The van der Waals surface area contributed by atoms with E-state index in [1.165, 1.54) is 5.56 Å². The third-order valence-electron chi connectivity index (χ3n) is 2.35. The highest BCUT2D eigenvalue weighted by molar-refractivity contribution is 5.92. The number of rotatable bonds is 3. The highest BCUT2D eigenvalue weighted by Crippen LogP contribution is 2.18. The van der Waals surface area contributed by atoms with Crippen LogP contribution in [0, 0.1) is 5.92 Å². The van der Waals surface area contributed by atoms with Crippen LogP contribution in [0.1, 0.15) is 39.2 Å². The van der Waals surface area contributed by atoms with E-state index in [0.717, 1.165) is 5.69 Å². The first kappa shape index (κ1) is 11.8. The van der Waals surface area contributed by atoms with Gasteiger partial charge < -0.3 is 5.32 Å². The van der Waals surface area contributed by atoms with Crippen molar-refractivity contribution in [1.29, 1.82) is 0 Å². The van der Waals surface area contributed by atoms with E-state index in [1.54, 1.807) is 0 Å². The molecule has 1 amide bonds. The molecule has 0 radical (unpaired) electrons. The van der Waals surface area contributed by atoms with Crippen LogP contribution >= 0.6 is 0 Å². The zero-order chi connectivity index (χ0) is 11.4. The molecular formula is C13H19NO. The van der Waals surface area contributed by atoms with Gasteiger partial charge in [-0.3, -0.25) is 4.79 Å². The number of hydrogen-bond acceptors (Lipinski definition) is 1. The molecule has 0 unspecified atom stereocenters. The third-order valence-corrected chi connectivity index (χ3v) is 2.35. The number of benzene rings is 1. The predicted molar refractivity (Wildman–Crippen MR) is 64.0 cm³/mol. The fraction of sp³-hybridized carbons (Fsp3) is 0.462. The van der Waals surface area contributed by atoms with Crippen LogP contribution in [0.2, 0.25) is 0 Å². The van der Waals surface area contributed by atoms with Crippen molar-refractivity contribution in [3.05, 3.63) is 29.8 Å².